The summed E-state index contributed by atoms with van der Waals surface area (Å²) < 4.78 is 24.7. The topological polar surface area (TPSA) is 61.2 Å². The van der Waals surface area contributed by atoms with Crippen molar-refractivity contribution in [3.05, 3.63) is 28.2 Å². The molecule has 0 aliphatic carbocycles. The number of rotatable bonds is 3. The molecule has 0 fully saturated rings. The molecule has 0 atom stereocenters. The van der Waals surface area contributed by atoms with Crippen molar-refractivity contribution in [1.29, 1.82) is 5.26 Å². The standard InChI is InChI=1S/C9H8Cl2N2O2S/c1-13(5-4-12)16(14,15)7-2-3-8(10)9(11)6-7/h2-3,6H,5H2,1H3. The van der Waals surface area contributed by atoms with E-state index in [4.69, 9.17) is 28.5 Å². The lowest BCUT2D eigenvalue weighted by Crippen LogP contribution is -2.27. The lowest BCUT2D eigenvalue weighted by atomic mass is 10.4. The van der Waals surface area contributed by atoms with E-state index in [1.165, 1.54) is 25.2 Å². The van der Waals surface area contributed by atoms with Crippen LogP contribution in [0.3, 0.4) is 0 Å². The van der Waals surface area contributed by atoms with E-state index >= 15 is 0 Å². The first-order chi connectivity index (χ1) is 7.39. The molecule has 1 aromatic rings. The Morgan fingerprint density at radius 3 is 2.50 bits per heavy atom. The molecule has 0 spiro atoms. The van der Waals surface area contributed by atoms with Gasteiger partial charge in [-0.3, -0.25) is 0 Å². The van der Waals surface area contributed by atoms with Gasteiger partial charge in [0, 0.05) is 7.05 Å². The van der Waals surface area contributed by atoms with E-state index < -0.39 is 10.0 Å². The molecular formula is C9H8Cl2N2O2S. The third-order valence-corrected chi connectivity index (χ3v) is 4.43. The van der Waals surface area contributed by atoms with Crippen molar-refractivity contribution in [3.8, 4) is 6.07 Å². The molecule has 16 heavy (non-hydrogen) atoms. The van der Waals surface area contributed by atoms with Crippen LogP contribution in [0.1, 0.15) is 0 Å². The zero-order valence-corrected chi connectivity index (χ0v) is 10.6. The lowest BCUT2D eigenvalue weighted by molar-refractivity contribution is 0.501. The van der Waals surface area contributed by atoms with Crippen LogP contribution in [0.5, 0.6) is 0 Å². The Labute approximate surface area is 104 Å². The molecule has 4 nitrogen and oxygen atoms in total. The monoisotopic (exact) mass is 278 g/mol. The molecule has 0 heterocycles. The zero-order valence-electron chi connectivity index (χ0n) is 8.31. The van der Waals surface area contributed by atoms with Gasteiger partial charge >= 0.3 is 0 Å². The molecule has 0 aliphatic heterocycles. The van der Waals surface area contributed by atoms with Crippen molar-refractivity contribution < 1.29 is 8.42 Å². The Balaban J connectivity index is 3.18. The summed E-state index contributed by atoms with van der Waals surface area (Å²) in [6, 6.07) is 5.76. The molecule has 1 rings (SSSR count). The van der Waals surface area contributed by atoms with Crippen LogP contribution < -0.4 is 0 Å². The first kappa shape index (κ1) is 13.3. The molecule has 0 unspecified atom stereocenters. The summed E-state index contributed by atoms with van der Waals surface area (Å²) in [5.74, 6) is 0. The first-order valence-electron chi connectivity index (χ1n) is 4.18. The minimum atomic E-state index is -3.67. The largest absolute Gasteiger partial charge is 0.243 e. The second-order valence-electron chi connectivity index (χ2n) is 3.00. The summed E-state index contributed by atoms with van der Waals surface area (Å²) in [6.07, 6.45) is 0. The molecule has 0 amide bonds. The van der Waals surface area contributed by atoms with E-state index in [0.717, 1.165) is 4.31 Å². The maximum absolute atomic E-state index is 11.9. The fourth-order valence-electron chi connectivity index (χ4n) is 1.00. The minimum absolute atomic E-state index is 0.0136. The van der Waals surface area contributed by atoms with Gasteiger partial charge in [-0.05, 0) is 18.2 Å². The van der Waals surface area contributed by atoms with Crippen LogP contribution in [0.15, 0.2) is 23.1 Å². The number of hydrogen-bond acceptors (Lipinski definition) is 3. The highest BCUT2D eigenvalue weighted by Gasteiger charge is 2.20. The summed E-state index contributed by atoms with van der Waals surface area (Å²) in [5, 5.41) is 8.88. The smallest absolute Gasteiger partial charge is 0.207 e. The van der Waals surface area contributed by atoms with Gasteiger partial charge < -0.3 is 0 Å². The highest BCUT2D eigenvalue weighted by molar-refractivity contribution is 7.89. The number of nitrogens with zero attached hydrogens (tertiary/aromatic N) is 2. The maximum atomic E-state index is 11.9. The second-order valence-corrected chi connectivity index (χ2v) is 5.85. The molecule has 0 aromatic heterocycles. The Hall–Kier alpha value is -0.800. The predicted molar refractivity (Wildman–Crippen MR) is 61.9 cm³/mol. The normalized spacial score (nSPS) is 11.4. The third-order valence-electron chi connectivity index (χ3n) is 1.89. The molecule has 0 saturated heterocycles. The summed E-state index contributed by atoms with van der Waals surface area (Å²) in [7, 11) is -2.35. The van der Waals surface area contributed by atoms with Crippen LogP contribution in [0, 0.1) is 11.3 Å². The molecule has 7 heteroatoms. The zero-order chi connectivity index (χ0) is 12.3. The Kier molecular flexibility index (Phi) is 4.16. The summed E-state index contributed by atoms with van der Waals surface area (Å²) in [6.45, 7) is -0.220. The molecule has 0 radical (unpaired) electrons. The van der Waals surface area contributed by atoms with Crippen molar-refractivity contribution in [2.75, 3.05) is 13.6 Å². The number of halogens is 2. The molecule has 0 aliphatic rings. The van der Waals surface area contributed by atoms with Gasteiger partial charge in [0.15, 0.2) is 0 Å². The van der Waals surface area contributed by atoms with Gasteiger partial charge in [-0.2, -0.15) is 9.57 Å². The van der Waals surface area contributed by atoms with Gasteiger partial charge in [0.1, 0.15) is 6.54 Å². The fraction of sp³-hybridized carbons (Fsp3) is 0.222. The Bertz CT molecular complexity index is 537. The van der Waals surface area contributed by atoms with Gasteiger partial charge in [0.05, 0.1) is 21.0 Å². The fourth-order valence-corrected chi connectivity index (χ4v) is 2.46. The minimum Gasteiger partial charge on any atom is -0.207 e. The van der Waals surface area contributed by atoms with Gasteiger partial charge in [-0.1, -0.05) is 23.2 Å². The quantitative estimate of drug-likeness (QED) is 0.796. The molecule has 1 aromatic carbocycles. The van der Waals surface area contributed by atoms with Gasteiger partial charge in [-0.25, -0.2) is 8.42 Å². The average Bonchev–Trinajstić information content (AvgIpc) is 2.22. The van der Waals surface area contributed by atoms with Crippen molar-refractivity contribution >= 4 is 33.2 Å². The Morgan fingerprint density at radius 2 is 2.00 bits per heavy atom. The SMILES string of the molecule is CN(CC#N)S(=O)(=O)c1ccc(Cl)c(Cl)c1. The van der Waals surface area contributed by atoms with Crippen molar-refractivity contribution in [3.63, 3.8) is 0 Å². The number of benzene rings is 1. The summed E-state index contributed by atoms with van der Waals surface area (Å²) in [4.78, 5) is 0.0136. The lowest BCUT2D eigenvalue weighted by Gasteiger charge is -2.13. The molecular weight excluding hydrogens is 271 g/mol. The van der Waals surface area contributed by atoms with E-state index in [0.29, 0.717) is 0 Å². The van der Waals surface area contributed by atoms with Gasteiger partial charge in [0.2, 0.25) is 10.0 Å². The number of nitriles is 1. The van der Waals surface area contributed by atoms with Crippen molar-refractivity contribution in [2.24, 2.45) is 0 Å². The van der Waals surface area contributed by atoms with Crippen LogP contribution in [0.4, 0.5) is 0 Å². The summed E-state index contributed by atoms with van der Waals surface area (Å²) in [5.41, 5.74) is 0. The molecule has 0 saturated carbocycles. The molecule has 86 valence electrons. The van der Waals surface area contributed by atoms with E-state index in [1.54, 1.807) is 6.07 Å². The summed E-state index contributed by atoms with van der Waals surface area (Å²) >= 11 is 11.4. The van der Waals surface area contributed by atoms with Crippen LogP contribution >= 0.6 is 23.2 Å². The van der Waals surface area contributed by atoms with Crippen molar-refractivity contribution in [2.45, 2.75) is 4.90 Å². The number of hydrogen-bond donors (Lipinski definition) is 0. The van der Waals surface area contributed by atoms with E-state index in [1.807, 2.05) is 0 Å². The van der Waals surface area contributed by atoms with E-state index in [2.05, 4.69) is 0 Å². The highest BCUT2D eigenvalue weighted by Crippen LogP contribution is 2.25. The van der Waals surface area contributed by atoms with E-state index in [9.17, 15) is 8.42 Å². The highest BCUT2D eigenvalue weighted by atomic mass is 35.5. The second kappa shape index (κ2) is 5.02. The predicted octanol–water partition coefficient (Wildman–Crippen LogP) is 2.14. The number of sulfonamides is 1. The van der Waals surface area contributed by atoms with Gasteiger partial charge in [-0.15, -0.1) is 0 Å². The molecule has 0 bridgehead atoms. The van der Waals surface area contributed by atoms with Crippen molar-refractivity contribution in [1.82, 2.24) is 4.31 Å². The van der Waals surface area contributed by atoms with Crippen LogP contribution in [-0.4, -0.2) is 26.3 Å². The molecule has 0 N–H and O–H groups in total. The van der Waals surface area contributed by atoms with Crippen LogP contribution in [0.25, 0.3) is 0 Å². The first-order valence-corrected chi connectivity index (χ1v) is 6.37. The average molecular weight is 279 g/mol. The third kappa shape index (κ3) is 2.66. The van der Waals surface area contributed by atoms with Crippen LogP contribution in [0.2, 0.25) is 10.0 Å². The maximum Gasteiger partial charge on any atom is 0.243 e. The Morgan fingerprint density at radius 1 is 1.38 bits per heavy atom. The van der Waals surface area contributed by atoms with E-state index in [-0.39, 0.29) is 21.5 Å². The van der Waals surface area contributed by atoms with Gasteiger partial charge in [0.25, 0.3) is 0 Å². The van der Waals surface area contributed by atoms with Crippen LogP contribution in [-0.2, 0) is 10.0 Å².